The minimum atomic E-state index is -0.512. The summed E-state index contributed by atoms with van der Waals surface area (Å²) < 4.78 is 0. The van der Waals surface area contributed by atoms with Crippen LogP contribution in [-0.2, 0) is 0 Å². The second kappa shape index (κ2) is 6.65. The topological polar surface area (TPSA) is 66.4 Å². The fraction of sp³-hybridized carbons (Fsp3) is 0.263. The summed E-state index contributed by atoms with van der Waals surface area (Å²) in [4.78, 5) is 24.8. The Hall–Kier alpha value is -2.33. The Labute approximate surface area is 146 Å². The molecular weight excluding hydrogens is 326 g/mol. The molecule has 0 heterocycles. The quantitative estimate of drug-likeness (QED) is 0.782. The molecule has 0 atom stereocenters. The van der Waals surface area contributed by atoms with Gasteiger partial charge in [0, 0.05) is 21.7 Å². The van der Waals surface area contributed by atoms with Gasteiger partial charge in [-0.1, -0.05) is 44.5 Å². The molecular formula is C19H20ClNO3. The van der Waals surface area contributed by atoms with Gasteiger partial charge in [0.1, 0.15) is 5.75 Å². The Balaban J connectivity index is 2.34. The molecule has 4 nitrogen and oxygen atoms in total. The molecule has 0 aliphatic heterocycles. The Kier molecular flexibility index (Phi) is 4.99. The number of ketones is 1. The molecule has 0 bridgehead atoms. The summed E-state index contributed by atoms with van der Waals surface area (Å²) in [7, 11) is 0. The van der Waals surface area contributed by atoms with Crippen LogP contribution in [0.25, 0.3) is 0 Å². The number of rotatable bonds is 3. The number of aromatic hydroxyl groups is 1. The van der Waals surface area contributed by atoms with E-state index >= 15 is 0 Å². The number of hydrogen-bond donors (Lipinski definition) is 2. The monoisotopic (exact) mass is 345 g/mol. The minimum Gasteiger partial charge on any atom is -0.507 e. The Morgan fingerprint density at radius 2 is 1.75 bits per heavy atom. The molecule has 2 N–H and O–H groups in total. The molecule has 0 fully saturated rings. The summed E-state index contributed by atoms with van der Waals surface area (Å²) >= 11 is 5.88. The molecule has 0 aliphatic rings. The van der Waals surface area contributed by atoms with Crippen LogP contribution in [0.4, 0.5) is 5.69 Å². The second-order valence-corrected chi connectivity index (χ2v) is 7.16. The number of carbonyl (C=O) groups excluding carboxylic acids is 2. The molecule has 5 heteroatoms. The fourth-order valence-corrected chi connectivity index (χ4v) is 2.38. The Morgan fingerprint density at radius 1 is 1.08 bits per heavy atom. The highest BCUT2D eigenvalue weighted by Crippen LogP contribution is 2.26. The smallest absolute Gasteiger partial charge is 0.259 e. The molecule has 24 heavy (non-hydrogen) atoms. The van der Waals surface area contributed by atoms with Crippen molar-refractivity contribution in [2.45, 2.75) is 27.7 Å². The van der Waals surface area contributed by atoms with Gasteiger partial charge in [-0.2, -0.15) is 0 Å². The molecule has 0 radical (unpaired) electrons. The van der Waals surface area contributed by atoms with Gasteiger partial charge in [0.15, 0.2) is 5.78 Å². The van der Waals surface area contributed by atoms with E-state index in [0.717, 1.165) is 5.56 Å². The molecule has 0 saturated carbocycles. The van der Waals surface area contributed by atoms with Crippen molar-refractivity contribution in [1.29, 1.82) is 0 Å². The number of phenols is 1. The van der Waals surface area contributed by atoms with Crippen molar-refractivity contribution in [1.82, 2.24) is 0 Å². The highest BCUT2D eigenvalue weighted by molar-refractivity contribution is 6.31. The number of carbonyl (C=O) groups is 2. The molecule has 0 unspecified atom stereocenters. The largest absolute Gasteiger partial charge is 0.507 e. The van der Waals surface area contributed by atoms with Crippen molar-refractivity contribution in [2.75, 3.05) is 5.32 Å². The van der Waals surface area contributed by atoms with Crippen LogP contribution in [0.3, 0.4) is 0 Å². The lowest BCUT2D eigenvalue weighted by atomic mass is 9.86. The van der Waals surface area contributed by atoms with Gasteiger partial charge in [-0.25, -0.2) is 0 Å². The predicted molar refractivity (Wildman–Crippen MR) is 96.0 cm³/mol. The summed E-state index contributed by atoms with van der Waals surface area (Å²) in [6.45, 7) is 7.37. The average molecular weight is 346 g/mol. The van der Waals surface area contributed by atoms with Gasteiger partial charge in [0.05, 0.1) is 5.56 Å². The van der Waals surface area contributed by atoms with Crippen molar-refractivity contribution >= 4 is 29.0 Å². The number of phenolic OH excluding ortho intramolecular Hbond substituents is 1. The zero-order valence-electron chi connectivity index (χ0n) is 14.1. The third kappa shape index (κ3) is 3.95. The van der Waals surface area contributed by atoms with Crippen LogP contribution < -0.4 is 5.32 Å². The summed E-state index contributed by atoms with van der Waals surface area (Å²) in [6.07, 6.45) is 0. The average Bonchev–Trinajstić information content (AvgIpc) is 2.50. The summed E-state index contributed by atoms with van der Waals surface area (Å²) in [5, 5.41) is 12.9. The SMILES string of the molecule is Cc1ccc(C(=O)C(C)(C)C)cc1NC(=O)c1cc(Cl)ccc1O. The Bertz CT molecular complexity index is 807. The first-order valence-electron chi connectivity index (χ1n) is 7.55. The number of anilines is 1. The zero-order chi connectivity index (χ0) is 18.1. The molecule has 0 spiro atoms. The van der Waals surface area contributed by atoms with Crippen LogP contribution in [-0.4, -0.2) is 16.8 Å². The number of nitrogens with one attached hydrogen (secondary N) is 1. The highest BCUT2D eigenvalue weighted by Gasteiger charge is 2.23. The summed E-state index contributed by atoms with van der Waals surface area (Å²) in [5.41, 5.74) is 1.43. The number of hydrogen-bond acceptors (Lipinski definition) is 3. The first-order valence-corrected chi connectivity index (χ1v) is 7.92. The molecule has 1 amide bonds. The molecule has 2 rings (SSSR count). The molecule has 0 aromatic heterocycles. The van der Waals surface area contributed by atoms with E-state index in [-0.39, 0.29) is 17.1 Å². The maximum atomic E-state index is 12.4. The van der Waals surface area contributed by atoms with Crippen LogP contribution in [0.5, 0.6) is 5.75 Å². The second-order valence-electron chi connectivity index (χ2n) is 6.72. The molecule has 126 valence electrons. The zero-order valence-corrected chi connectivity index (χ0v) is 14.9. The van der Waals surface area contributed by atoms with Crippen molar-refractivity contribution < 1.29 is 14.7 Å². The van der Waals surface area contributed by atoms with Crippen molar-refractivity contribution in [3.8, 4) is 5.75 Å². The number of benzene rings is 2. The summed E-state index contributed by atoms with van der Waals surface area (Å²) in [5.74, 6) is -0.654. The van der Waals surface area contributed by atoms with E-state index in [4.69, 9.17) is 11.6 Å². The van der Waals surface area contributed by atoms with Crippen LogP contribution in [0, 0.1) is 12.3 Å². The number of aryl methyl sites for hydroxylation is 1. The van der Waals surface area contributed by atoms with Crippen LogP contribution in [0.15, 0.2) is 36.4 Å². The van der Waals surface area contributed by atoms with E-state index in [9.17, 15) is 14.7 Å². The van der Waals surface area contributed by atoms with Gasteiger partial charge in [0.25, 0.3) is 5.91 Å². The number of amides is 1. The van der Waals surface area contributed by atoms with Crippen molar-refractivity contribution in [2.24, 2.45) is 5.41 Å². The van der Waals surface area contributed by atoms with Gasteiger partial charge >= 0.3 is 0 Å². The molecule has 0 saturated heterocycles. The van der Waals surface area contributed by atoms with Gasteiger partial charge in [0.2, 0.25) is 0 Å². The normalized spacial score (nSPS) is 11.2. The van der Waals surface area contributed by atoms with Gasteiger partial charge in [-0.3, -0.25) is 9.59 Å². The third-order valence-electron chi connectivity index (χ3n) is 3.63. The van der Waals surface area contributed by atoms with E-state index in [1.165, 1.54) is 18.2 Å². The first-order chi connectivity index (χ1) is 11.1. The third-order valence-corrected chi connectivity index (χ3v) is 3.87. The van der Waals surface area contributed by atoms with Crippen LogP contribution in [0.2, 0.25) is 5.02 Å². The van der Waals surface area contributed by atoms with Gasteiger partial charge in [-0.05, 0) is 36.8 Å². The number of halogens is 1. The van der Waals surface area contributed by atoms with Crippen LogP contribution >= 0.6 is 11.6 Å². The lowest BCUT2D eigenvalue weighted by Crippen LogP contribution is -2.21. The minimum absolute atomic E-state index is 0.0106. The van der Waals surface area contributed by atoms with E-state index in [1.54, 1.807) is 18.2 Å². The Morgan fingerprint density at radius 3 is 2.38 bits per heavy atom. The van der Waals surface area contributed by atoms with E-state index in [2.05, 4.69) is 5.32 Å². The highest BCUT2D eigenvalue weighted by atomic mass is 35.5. The van der Waals surface area contributed by atoms with Crippen molar-refractivity contribution in [3.05, 3.63) is 58.1 Å². The lowest BCUT2D eigenvalue weighted by Gasteiger charge is -2.18. The summed E-state index contributed by atoms with van der Waals surface area (Å²) in [6, 6.07) is 9.45. The van der Waals surface area contributed by atoms with E-state index < -0.39 is 11.3 Å². The maximum absolute atomic E-state index is 12.4. The standard InChI is InChI=1S/C19H20ClNO3/c1-11-5-6-12(17(23)19(2,3)4)9-15(11)21-18(24)14-10-13(20)7-8-16(14)22/h5-10,22H,1-4H3,(H,21,24). The maximum Gasteiger partial charge on any atom is 0.259 e. The molecule has 0 aliphatic carbocycles. The van der Waals surface area contributed by atoms with Gasteiger partial charge in [-0.15, -0.1) is 0 Å². The number of Topliss-reactive ketones (excluding diaryl/α,β-unsaturated/α-hetero) is 1. The van der Waals surface area contributed by atoms with Crippen molar-refractivity contribution in [3.63, 3.8) is 0 Å². The molecule has 2 aromatic carbocycles. The lowest BCUT2D eigenvalue weighted by molar-refractivity contribution is 0.0858. The first kappa shape index (κ1) is 18.0. The molecule has 2 aromatic rings. The van der Waals surface area contributed by atoms with Crippen LogP contribution in [0.1, 0.15) is 47.1 Å². The fourth-order valence-electron chi connectivity index (χ4n) is 2.21. The van der Waals surface area contributed by atoms with E-state index in [0.29, 0.717) is 16.3 Å². The predicted octanol–water partition coefficient (Wildman–Crippen LogP) is 4.84. The van der Waals surface area contributed by atoms with E-state index in [1.807, 2.05) is 27.7 Å². The van der Waals surface area contributed by atoms with Gasteiger partial charge < -0.3 is 10.4 Å².